The number of halogens is 2. The van der Waals surface area contributed by atoms with Crippen molar-refractivity contribution in [3.63, 3.8) is 0 Å². The van der Waals surface area contributed by atoms with Crippen molar-refractivity contribution < 1.29 is 14.3 Å². The van der Waals surface area contributed by atoms with Gasteiger partial charge in [0.1, 0.15) is 22.5 Å². The lowest BCUT2D eigenvalue weighted by atomic mass is 10.1. The summed E-state index contributed by atoms with van der Waals surface area (Å²) in [5.41, 5.74) is 2.62. The van der Waals surface area contributed by atoms with Crippen LogP contribution in [0.3, 0.4) is 0 Å². The fourth-order valence-electron chi connectivity index (χ4n) is 2.87. The lowest BCUT2D eigenvalue weighted by Gasteiger charge is -2.19. The van der Waals surface area contributed by atoms with Crippen molar-refractivity contribution >= 4 is 44.5 Å². The summed E-state index contributed by atoms with van der Waals surface area (Å²) in [5, 5.41) is 9.47. The van der Waals surface area contributed by atoms with Crippen LogP contribution in [0.1, 0.15) is 11.7 Å². The minimum Gasteiger partial charge on any atom is -0.472 e. The predicted molar refractivity (Wildman–Crippen MR) is 113 cm³/mol. The zero-order chi connectivity index (χ0) is 20.4. The third kappa shape index (κ3) is 4.11. The van der Waals surface area contributed by atoms with Crippen molar-refractivity contribution in [1.82, 2.24) is 15.0 Å². The Kier molecular flexibility index (Phi) is 5.51. The number of aromatic nitrogens is 3. The van der Waals surface area contributed by atoms with Crippen molar-refractivity contribution in [3.8, 4) is 11.4 Å². The molecule has 0 N–H and O–H groups in total. The Labute approximate surface area is 180 Å². The van der Waals surface area contributed by atoms with Crippen LogP contribution in [0.15, 0.2) is 71.2 Å². The molecule has 0 saturated carbocycles. The summed E-state index contributed by atoms with van der Waals surface area (Å²) in [6.07, 6.45) is -0.970. The molecule has 3 aromatic carbocycles. The van der Waals surface area contributed by atoms with Gasteiger partial charge in [0.25, 0.3) is 0 Å². The van der Waals surface area contributed by atoms with Gasteiger partial charge >= 0.3 is 5.97 Å². The molecule has 0 fully saturated rings. The first-order valence-corrected chi connectivity index (χ1v) is 9.84. The van der Waals surface area contributed by atoms with Crippen molar-refractivity contribution in [1.29, 1.82) is 0 Å². The van der Waals surface area contributed by atoms with E-state index in [1.165, 1.54) is 11.9 Å². The van der Waals surface area contributed by atoms with Crippen LogP contribution in [-0.4, -0.2) is 28.1 Å². The number of nitrogens with zero attached hydrogens (tertiary/aromatic N) is 3. The summed E-state index contributed by atoms with van der Waals surface area (Å²) >= 11 is 9.63. The Morgan fingerprint density at radius 2 is 1.76 bits per heavy atom. The number of benzene rings is 3. The van der Waals surface area contributed by atoms with Crippen molar-refractivity contribution in [2.75, 3.05) is 7.11 Å². The average Bonchev–Trinajstić information content (AvgIpc) is 3.16. The van der Waals surface area contributed by atoms with E-state index in [4.69, 9.17) is 21.1 Å². The highest BCUT2D eigenvalue weighted by Gasteiger charge is 2.26. The van der Waals surface area contributed by atoms with Gasteiger partial charge in [0.2, 0.25) is 6.10 Å². The topological polar surface area (TPSA) is 66.2 Å². The molecule has 0 saturated heterocycles. The van der Waals surface area contributed by atoms with Gasteiger partial charge in [-0.25, -0.2) is 4.79 Å². The highest BCUT2D eigenvalue weighted by molar-refractivity contribution is 9.10. The molecule has 0 aliphatic heterocycles. The molecular weight excluding hydrogens is 458 g/mol. The Morgan fingerprint density at radius 1 is 1.03 bits per heavy atom. The maximum absolute atomic E-state index is 12.5. The van der Waals surface area contributed by atoms with Gasteiger partial charge in [-0.1, -0.05) is 51.8 Å². The normalized spacial score (nSPS) is 12.0. The van der Waals surface area contributed by atoms with Gasteiger partial charge in [-0.05, 0) is 42.5 Å². The van der Waals surface area contributed by atoms with Crippen LogP contribution in [0, 0.1) is 0 Å². The Morgan fingerprint density at radius 3 is 2.41 bits per heavy atom. The second kappa shape index (κ2) is 8.23. The zero-order valence-corrected chi connectivity index (χ0v) is 17.6. The SMILES string of the molecule is COC(=O)C(Oc1ccc(Cl)cc1-n1nc2ccccc2n1)c1cccc(Br)c1. The van der Waals surface area contributed by atoms with Crippen LogP contribution in [0.2, 0.25) is 5.02 Å². The molecule has 29 heavy (non-hydrogen) atoms. The molecule has 0 aliphatic carbocycles. The number of esters is 1. The minimum absolute atomic E-state index is 0.394. The third-order valence-corrected chi connectivity index (χ3v) is 4.96. The van der Waals surface area contributed by atoms with Gasteiger partial charge in [0.05, 0.1) is 7.11 Å². The lowest BCUT2D eigenvalue weighted by Crippen LogP contribution is -2.21. The average molecular weight is 473 g/mol. The molecule has 0 bridgehead atoms. The zero-order valence-electron chi connectivity index (χ0n) is 15.3. The van der Waals surface area contributed by atoms with E-state index >= 15 is 0 Å². The first kappa shape index (κ1) is 19.4. The molecule has 1 atom stereocenters. The van der Waals surface area contributed by atoms with E-state index in [9.17, 15) is 4.79 Å². The summed E-state index contributed by atoms with van der Waals surface area (Å²) in [5.74, 6) is -0.132. The molecular formula is C21H15BrClN3O3. The number of hydrogen-bond donors (Lipinski definition) is 0. The molecule has 0 radical (unpaired) electrons. The molecule has 4 rings (SSSR count). The molecule has 6 nitrogen and oxygen atoms in total. The molecule has 8 heteroatoms. The molecule has 1 heterocycles. The molecule has 0 amide bonds. The van der Waals surface area contributed by atoms with E-state index in [0.717, 1.165) is 15.5 Å². The van der Waals surface area contributed by atoms with Crippen molar-refractivity contribution in [2.24, 2.45) is 0 Å². The lowest BCUT2D eigenvalue weighted by molar-refractivity contribution is -0.149. The summed E-state index contributed by atoms with van der Waals surface area (Å²) in [6, 6.07) is 19.8. The van der Waals surface area contributed by atoms with Crippen LogP contribution in [0.4, 0.5) is 0 Å². The van der Waals surface area contributed by atoms with Crippen LogP contribution in [0.25, 0.3) is 16.7 Å². The van der Waals surface area contributed by atoms with Gasteiger partial charge in [-0.15, -0.1) is 15.0 Å². The Bertz CT molecular complexity index is 1160. The maximum Gasteiger partial charge on any atom is 0.351 e. The number of methoxy groups -OCH3 is 1. The Balaban J connectivity index is 1.78. The number of carbonyl (C=O) groups is 1. The smallest absolute Gasteiger partial charge is 0.351 e. The van der Waals surface area contributed by atoms with Crippen LogP contribution in [0.5, 0.6) is 5.75 Å². The largest absolute Gasteiger partial charge is 0.472 e. The van der Waals surface area contributed by atoms with E-state index in [0.29, 0.717) is 22.0 Å². The summed E-state index contributed by atoms with van der Waals surface area (Å²) < 4.78 is 11.9. The molecule has 1 unspecified atom stereocenters. The quantitative estimate of drug-likeness (QED) is 0.377. The molecule has 0 aliphatic rings. The molecule has 4 aromatic rings. The Hall–Kier alpha value is -2.90. The first-order valence-electron chi connectivity index (χ1n) is 8.67. The van der Waals surface area contributed by atoms with E-state index in [-0.39, 0.29) is 0 Å². The van der Waals surface area contributed by atoms with Crippen LogP contribution >= 0.6 is 27.5 Å². The van der Waals surface area contributed by atoms with E-state index in [2.05, 4.69) is 26.1 Å². The number of fused-ring (bicyclic) bond motifs is 1. The summed E-state index contributed by atoms with van der Waals surface area (Å²) in [6.45, 7) is 0. The fraction of sp³-hybridized carbons (Fsp3) is 0.0952. The summed E-state index contributed by atoms with van der Waals surface area (Å²) in [7, 11) is 1.32. The molecule has 1 aromatic heterocycles. The highest BCUT2D eigenvalue weighted by atomic mass is 79.9. The predicted octanol–water partition coefficient (Wildman–Crippen LogP) is 5.13. The van der Waals surface area contributed by atoms with Gasteiger partial charge in [-0.2, -0.15) is 0 Å². The maximum atomic E-state index is 12.5. The highest BCUT2D eigenvalue weighted by Crippen LogP contribution is 2.32. The van der Waals surface area contributed by atoms with Gasteiger partial charge in [0, 0.05) is 15.1 Å². The van der Waals surface area contributed by atoms with E-state index in [1.807, 2.05) is 36.4 Å². The number of rotatable bonds is 5. The van der Waals surface area contributed by atoms with Gasteiger partial charge in [-0.3, -0.25) is 0 Å². The van der Waals surface area contributed by atoms with Crippen LogP contribution in [-0.2, 0) is 9.53 Å². The standard InChI is InChI=1S/C21H15BrClN3O3/c1-28-21(27)20(13-5-4-6-14(22)11-13)29-19-10-9-15(23)12-18(19)26-24-16-7-2-3-8-17(16)25-26/h2-12,20H,1H3. The molecule has 0 spiro atoms. The second-order valence-corrected chi connectivity index (χ2v) is 7.52. The van der Waals surface area contributed by atoms with Crippen LogP contribution < -0.4 is 4.74 Å². The first-order chi connectivity index (χ1) is 14.0. The minimum atomic E-state index is -0.970. The summed E-state index contributed by atoms with van der Waals surface area (Å²) in [4.78, 5) is 13.9. The van der Waals surface area contributed by atoms with Gasteiger partial charge < -0.3 is 9.47 Å². The van der Waals surface area contributed by atoms with E-state index in [1.54, 1.807) is 30.3 Å². The van der Waals surface area contributed by atoms with Crippen molar-refractivity contribution in [3.05, 3.63) is 81.8 Å². The van der Waals surface area contributed by atoms with Gasteiger partial charge in [0.15, 0.2) is 0 Å². The second-order valence-electron chi connectivity index (χ2n) is 6.17. The van der Waals surface area contributed by atoms with Crippen molar-refractivity contribution in [2.45, 2.75) is 6.10 Å². The fourth-order valence-corrected chi connectivity index (χ4v) is 3.45. The number of ether oxygens (including phenoxy) is 2. The number of carbonyl (C=O) groups excluding carboxylic acids is 1. The number of hydrogen-bond acceptors (Lipinski definition) is 5. The third-order valence-electron chi connectivity index (χ3n) is 4.23. The van der Waals surface area contributed by atoms with E-state index < -0.39 is 12.1 Å². The monoisotopic (exact) mass is 471 g/mol. The molecule has 146 valence electrons.